The van der Waals surface area contributed by atoms with Gasteiger partial charge in [-0.15, -0.1) is 0 Å². The highest BCUT2D eigenvalue weighted by molar-refractivity contribution is 7.92. The number of hydrogen-bond acceptors (Lipinski definition) is 3. The first kappa shape index (κ1) is 20.0. The number of anilines is 1. The van der Waals surface area contributed by atoms with Gasteiger partial charge in [-0.1, -0.05) is 31.5 Å². The fourth-order valence-corrected chi connectivity index (χ4v) is 3.59. The Kier molecular flexibility index (Phi) is 6.80. The van der Waals surface area contributed by atoms with Crippen LogP contribution in [0.2, 0.25) is 0 Å². The van der Waals surface area contributed by atoms with E-state index in [1.165, 1.54) is 17.7 Å². The molecule has 140 valence electrons. The third-order valence-corrected chi connectivity index (χ3v) is 5.23. The predicted octanol–water partition coefficient (Wildman–Crippen LogP) is 3.97. The Hall–Kier alpha value is -2.34. The number of benzene rings is 2. The zero-order valence-corrected chi connectivity index (χ0v) is 16.3. The Morgan fingerprint density at radius 2 is 1.77 bits per heavy atom. The Morgan fingerprint density at radius 1 is 1.08 bits per heavy atom. The SMILES string of the molecule is CCCCc1ccc(NS(=O)(=O)c2cccc(C(=O)NC(C)C)c2)cc1. The van der Waals surface area contributed by atoms with Gasteiger partial charge in [0.1, 0.15) is 0 Å². The van der Waals surface area contributed by atoms with Gasteiger partial charge in [-0.25, -0.2) is 8.42 Å². The molecule has 2 rings (SSSR count). The summed E-state index contributed by atoms with van der Waals surface area (Å²) < 4.78 is 27.8. The van der Waals surface area contributed by atoms with Crippen LogP contribution < -0.4 is 10.0 Å². The van der Waals surface area contributed by atoms with Gasteiger partial charge in [0.05, 0.1) is 4.90 Å². The Balaban J connectivity index is 2.16. The highest BCUT2D eigenvalue weighted by atomic mass is 32.2. The summed E-state index contributed by atoms with van der Waals surface area (Å²) in [6.45, 7) is 5.84. The van der Waals surface area contributed by atoms with Crippen molar-refractivity contribution in [1.29, 1.82) is 0 Å². The number of unbranched alkanes of at least 4 members (excludes halogenated alkanes) is 1. The fraction of sp³-hybridized carbons (Fsp3) is 0.350. The van der Waals surface area contributed by atoms with Crippen molar-refractivity contribution in [1.82, 2.24) is 5.32 Å². The normalized spacial score (nSPS) is 11.4. The minimum absolute atomic E-state index is 0.0212. The standard InChI is InChI=1S/C20H26N2O3S/c1-4-5-7-16-10-12-18(13-11-16)22-26(24,25)19-9-6-8-17(14-19)20(23)21-15(2)3/h6,8-15,22H,4-5,7H2,1-3H3,(H,21,23). The van der Waals surface area contributed by atoms with Gasteiger partial charge < -0.3 is 5.32 Å². The molecule has 0 bridgehead atoms. The number of sulfonamides is 1. The summed E-state index contributed by atoms with van der Waals surface area (Å²) in [7, 11) is -3.76. The number of aryl methyl sites for hydroxylation is 1. The monoisotopic (exact) mass is 374 g/mol. The molecule has 2 aromatic rings. The smallest absolute Gasteiger partial charge is 0.261 e. The maximum atomic E-state index is 12.6. The third-order valence-electron chi connectivity index (χ3n) is 3.85. The maximum Gasteiger partial charge on any atom is 0.261 e. The lowest BCUT2D eigenvalue weighted by atomic mass is 10.1. The molecule has 5 nitrogen and oxygen atoms in total. The number of nitrogens with one attached hydrogen (secondary N) is 2. The highest BCUT2D eigenvalue weighted by Gasteiger charge is 2.17. The topological polar surface area (TPSA) is 75.3 Å². The molecule has 0 unspecified atom stereocenters. The van der Waals surface area contributed by atoms with E-state index in [9.17, 15) is 13.2 Å². The van der Waals surface area contributed by atoms with Crippen LogP contribution in [0.25, 0.3) is 0 Å². The molecule has 26 heavy (non-hydrogen) atoms. The van der Waals surface area contributed by atoms with Gasteiger partial charge >= 0.3 is 0 Å². The first-order valence-electron chi connectivity index (χ1n) is 8.84. The van der Waals surface area contributed by atoms with Crippen LogP contribution in [0, 0.1) is 0 Å². The second kappa shape index (κ2) is 8.85. The van der Waals surface area contributed by atoms with E-state index in [0.717, 1.165) is 19.3 Å². The Bertz CT molecular complexity index is 844. The first-order valence-corrected chi connectivity index (χ1v) is 10.3. The molecule has 0 radical (unpaired) electrons. The minimum atomic E-state index is -3.76. The van der Waals surface area contributed by atoms with Gasteiger partial charge in [0.25, 0.3) is 15.9 Å². The number of carbonyl (C=O) groups excluding carboxylic acids is 1. The van der Waals surface area contributed by atoms with Crippen LogP contribution in [0.15, 0.2) is 53.4 Å². The molecule has 0 fully saturated rings. The van der Waals surface area contributed by atoms with Crippen LogP contribution >= 0.6 is 0 Å². The second-order valence-corrected chi connectivity index (χ2v) is 8.24. The molecule has 0 saturated heterocycles. The zero-order valence-electron chi connectivity index (χ0n) is 15.5. The van der Waals surface area contributed by atoms with Crippen LogP contribution in [0.4, 0.5) is 5.69 Å². The average molecular weight is 375 g/mol. The van der Waals surface area contributed by atoms with Gasteiger partial charge in [0, 0.05) is 17.3 Å². The van der Waals surface area contributed by atoms with E-state index in [0.29, 0.717) is 11.3 Å². The molecular formula is C20H26N2O3S. The van der Waals surface area contributed by atoms with Crippen LogP contribution in [0.5, 0.6) is 0 Å². The first-order chi connectivity index (χ1) is 12.3. The molecule has 0 aromatic heterocycles. The lowest BCUT2D eigenvalue weighted by molar-refractivity contribution is 0.0943. The largest absolute Gasteiger partial charge is 0.350 e. The van der Waals surface area contributed by atoms with Crippen LogP contribution in [0.3, 0.4) is 0 Å². The lowest BCUT2D eigenvalue weighted by Gasteiger charge is -2.11. The molecule has 0 aliphatic carbocycles. The van der Waals surface area contributed by atoms with Crippen molar-refractivity contribution >= 4 is 21.6 Å². The van der Waals surface area contributed by atoms with Crippen molar-refractivity contribution in [2.24, 2.45) is 0 Å². The summed E-state index contributed by atoms with van der Waals surface area (Å²) >= 11 is 0. The van der Waals surface area contributed by atoms with E-state index in [-0.39, 0.29) is 16.8 Å². The van der Waals surface area contributed by atoms with E-state index in [4.69, 9.17) is 0 Å². The maximum absolute atomic E-state index is 12.6. The van der Waals surface area contributed by atoms with Gasteiger partial charge in [-0.2, -0.15) is 0 Å². The van der Waals surface area contributed by atoms with Crippen LogP contribution in [0.1, 0.15) is 49.5 Å². The van der Waals surface area contributed by atoms with E-state index in [2.05, 4.69) is 17.0 Å². The Morgan fingerprint density at radius 3 is 2.38 bits per heavy atom. The van der Waals surface area contributed by atoms with E-state index in [1.807, 2.05) is 26.0 Å². The molecule has 0 aliphatic rings. The summed E-state index contributed by atoms with van der Waals surface area (Å²) in [5, 5.41) is 2.76. The van der Waals surface area contributed by atoms with Gasteiger partial charge in [0.15, 0.2) is 0 Å². The molecule has 0 aliphatic heterocycles. The molecule has 2 aromatic carbocycles. The van der Waals surface area contributed by atoms with Crippen molar-refractivity contribution in [3.8, 4) is 0 Å². The van der Waals surface area contributed by atoms with Gasteiger partial charge in [-0.3, -0.25) is 9.52 Å². The quantitative estimate of drug-likeness (QED) is 0.734. The summed E-state index contributed by atoms with van der Waals surface area (Å²) in [6, 6.07) is 13.4. The molecule has 6 heteroatoms. The predicted molar refractivity (Wildman–Crippen MR) is 105 cm³/mol. The Labute approximate surface area is 155 Å². The van der Waals surface area contributed by atoms with Crippen LogP contribution in [-0.2, 0) is 16.4 Å². The van der Waals surface area contributed by atoms with Crippen molar-refractivity contribution in [3.63, 3.8) is 0 Å². The molecule has 0 saturated carbocycles. The van der Waals surface area contributed by atoms with Crippen molar-refractivity contribution in [3.05, 3.63) is 59.7 Å². The number of amides is 1. The summed E-state index contributed by atoms with van der Waals surface area (Å²) in [5.41, 5.74) is 2.00. The fourth-order valence-electron chi connectivity index (χ4n) is 2.48. The second-order valence-electron chi connectivity index (χ2n) is 6.56. The minimum Gasteiger partial charge on any atom is -0.350 e. The molecule has 2 N–H and O–H groups in total. The van der Waals surface area contributed by atoms with Gasteiger partial charge in [-0.05, 0) is 62.6 Å². The molecule has 0 spiro atoms. The zero-order chi connectivity index (χ0) is 19.2. The number of rotatable bonds is 8. The summed E-state index contributed by atoms with van der Waals surface area (Å²) in [6.07, 6.45) is 3.21. The number of hydrogen-bond donors (Lipinski definition) is 2. The van der Waals surface area contributed by atoms with Crippen molar-refractivity contribution in [2.75, 3.05) is 4.72 Å². The molecule has 0 heterocycles. The lowest BCUT2D eigenvalue weighted by Crippen LogP contribution is -2.30. The summed E-state index contributed by atoms with van der Waals surface area (Å²) in [4.78, 5) is 12.1. The van der Waals surface area contributed by atoms with Crippen molar-refractivity contribution < 1.29 is 13.2 Å². The van der Waals surface area contributed by atoms with E-state index in [1.54, 1.807) is 24.3 Å². The third kappa shape index (κ3) is 5.59. The van der Waals surface area contributed by atoms with Gasteiger partial charge in [0.2, 0.25) is 0 Å². The van der Waals surface area contributed by atoms with E-state index >= 15 is 0 Å². The molecule has 0 atom stereocenters. The summed E-state index contributed by atoms with van der Waals surface area (Å²) in [5.74, 6) is -0.294. The number of carbonyl (C=O) groups is 1. The average Bonchev–Trinajstić information content (AvgIpc) is 2.60. The van der Waals surface area contributed by atoms with Crippen LogP contribution in [-0.4, -0.2) is 20.4 Å². The highest BCUT2D eigenvalue weighted by Crippen LogP contribution is 2.18. The molecule has 1 amide bonds. The molecular weight excluding hydrogens is 348 g/mol. The van der Waals surface area contributed by atoms with E-state index < -0.39 is 10.0 Å². The van der Waals surface area contributed by atoms with Crippen molar-refractivity contribution in [2.45, 2.75) is 51.0 Å².